The number of allylic oxidation sites excluding steroid dienone is 2. The summed E-state index contributed by atoms with van der Waals surface area (Å²) in [5.74, 6) is -0.663. The number of rotatable bonds is 8. The van der Waals surface area contributed by atoms with Crippen molar-refractivity contribution in [3.05, 3.63) is 76.1 Å². The molecule has 0 aliphatic heterocycles. The molecule has 1 atom stereocenters. The molecule has 0 spiro atoms. The summed E-state index contributed by atoms with van der Waals surface area (Å²) in [5, 5.41) is 2.47. The Morgan fingerprint density at radius 1 is 1.09 bits per heavy atom. The highest BCUT2D eigenvalue weighted by atomic mass is 35.5. The first-order valence-corrected chi connectivity index (χ1v) is 15.0. The van der Waals surface area contributed by atoms with Crippen LogP contribution in [-0.4, -0.2) is 43.6 Å². The van der Waals surface area contributed by atoms with Gasteiger partial charge in [-0.15, -0.1) is 0 Å². The Hall–Kier alpha value is -2.20. The smallest absolute Gasteiger partial charge is 0.227 e. The lowest BCUT2D eigenvalue weighted by Crippen LogP contribution is -2.55. The minimum atomic E-state index is -3.85. The van der Waals surface area contributed by atoms with Gasteiger partial charge in [-0.2, -0.15) is 0 Å². The number of carbonyl (C=O) groups is 1. The highest BCUT2D eigenvalue weighted by Gasteiger charge is 2.53. The maximum Gasteiger partial charge on any atom is 0.227 e. The third-order valence-electron chi connectivity index (χ3n) is 6.05. The predicted octanol–water partition coefficient (Wildman–Crippen LogP) is 3.98. The number of sulfone groups is 2. The van der Waals surface area contributed by atoms with E-state index in [0.29, 0.717) is 24.1 Å². The molecule has 2 aliphatic rings. The normalized spacial score (nSPS) is 20.9. The van der Waals surface area contributed by atoms with Gasteiger partial charge < -0.3 is 5.32 Å². The maximum absolute atomic E-state index is 13.5. The van der Waals surface area contributed by atoms with Gasteiger partial charge in [-0.05, 0) is 36.6 Å². The molecule has 1 fully saturated rings. The number of nitrogens with zero attached hydrogens (tertiary/aromatic N) is 1. The van der Waals surface area contributed by atoms with E-state index < -0.39 is 35.7 Å². The van der Waals surface area contributed by atoms with Crippen molar-refractivity contribution >= 4 is 54.4 Å². The molecule has 0 saturated heterocycles. The number of hydrogen-bond donors (Lipinski definition) is 1. The van der Waals surface area contributed by atoms with E-state index >= 15 is 0 Å². The molecule has 35 heavy (non-hydrogen) atoms. The second kappa shape index (κ2) is 9.69. The molecule has 4 rings (SSSR count). The molecule has 11 heteroatoms. The van der Waals surface area contributed by atoms with Gasteiger partial charge in [-0.3, -0.25) is 9.78 Å². The standard InChI is InChI=1S/C24H24Cl2N2O5S2/c1-2-34(30,31)19-9-8-17(27-15-19)12-22(29)28-24(35(32,33)18-10-11-18)13-20(25)23(21(26)14-24)16-6-4-3-5-7-16/h3-9,13,15,18H,2,10-12,14H2,1H3,(H,28,29). The average Bonchev–Trinajstić information content (AvgIpc) is 3.66. The van der Waals surface area contributed by atoms with Crippen molar-refractivity contribution < 1.29 is 21.6 Å². The number of carbonyl (C=O) groups excluding carboxylic acids is 1. The SMILES string of the molecule is CCS(=O)(=O)c1ccc(CC(=O)NC2(S(=O)(=O)C3CC3)C=C(Cl)C(c3ccccc3)=C(Cl)C2)nc1. The van der Waals surface area contributed by atoms with Crippen molar-refractivity contribution in [2.75, 3.05) is 5.75 Å². The van der Waals surface area contributed by atoms with E-state index in [0.717, 1.165) is 5.56 Å². The summed E-state index contributed by atoms with van der Waals surface area (Å²) in [6.07, 6.45) is 3.19. The summed E-state index contributed by atoms with van der Waals surface area (Å²) in [7, 11) is -7.27. The number of pyridine rings is 1. The van der Waals surface area contributed by atoms with Crippen LogP contribution in [-0.2, 0) is 30.9 Å². The fourth-order valence-corrected chi connectivity index (χ4v) is 8.08. The van der Waals surface area contributed by atoms with Gasteiger partial charge >= 0.3 is 0 Å². The zero-order chi connectivity index (χ0) is 25.4. The van der Waals surface area contributed by atoms with Crippen LogP contribution in [0.1, 0.15) is 37.4 Å². The number of halogens is 2. The van der Waals surface area contributed by atoms with Crippen molar-refractivity contribution in [3.8, 4) is 0 Å². The van der Waals surface area contributed by atoms with Gasteiger partial charge in [0.05, 0.1) is 22.3 Å². The topological polar surface area (TPSA) is 110 Å². The Balaban J connectivity index is 1.63. The average molecular weight is 556 g/mol. The fourth-order valence-electron chi connectivity index (χ4n) is 4.00. The molecular formula is C24H24Cl2N2O5S2. The van der Waals surface area contributed by atoms with Gasteiger partial charge in [0.2, 0.25) is 5.91 Å². The molecular weight excluding hydrogens is 531 g/mol. The van der Waals surface area contributed by atoms with Gasteiger partial charge in [0.15, 0.2) is 24.5 Å². The molecule has 1 amide bonds. The van der Waals surface area contributed by atoms with Crippen LogP contribution in [0.25, 0.3) is 5.57 Å². The number of benzene rings is 1. The minimum Gasteiger partial charge on any atom is -0.333 e. The van der Waals surface area contributed by atoms with Crippen molar-refractivity contribution in [1.82, 2.24) is 10.3 Å². The largest absolute Gasteiger partial charge is 0.333 e. The second-order valence-corrected chi connectivity index (χ2v) is 14.2. The zero-order valence-corrected chi connectivity index (χ0v) is 22.0. The summed E-state index contributed by atoms with van der Waals surface area (Å²) in [4.78, 5) is 15.4. The molecule has 7 nitrogen and oxygen atoms in total. The van der Waals surface area contributed by atoms with E-state index in [-0.39, 0.29) is 33.6 Å². The van der Waals surface area contributed by atoms with Crippen LogP contribution in [0.4, 0.5) is 0 Å². The van der Waals surface area contributed by atoms with Gasteiger partial charge in [-0.1, -0.05) is 60.5 Å². The van der Waals surface area contributed by atoms with Gasteiger partial charge in [-0.25, -0.2) is 16.8 Å². The molecule has 1 aromatic heterocycles. The molecule has 186 valence electrons. The highest BCUT2D eigenvalue weighted by Crippen LogP contribution is 2.47. The fraction of sp³-hybridized carbons (Fsp3) is 0.333. The number of hydrogen-bond acceptors (Lipinski definition) is 6. The summed E-state index contributed by atoms with van der Waals surface area (Å²) in [6.45, 7) is 1.53. The molecule has 2 aromatic rings. The van der Waals surface area contributed by atoms with E-state index in [1.807, 2.05) is 30.3 Å². The second-order valence-electron chi connectivity index (χ2n) is 8.56. The predicted molar refractivity (Wildman–Crippen MR) is 136 cm³/mol. The number of nitrogens with one attached hydrogen (secondary N) is 1. The van der Waals surface area contributed by atoms with E-state index in [1.165, 1.54) is 31.3 Å². The lowest BCUT2D eigenvalue weighted by Gasteiger charge is -2.35. The number of aromatic nitrogens is 1. The molecule has 1 saturated carbocycles. The minimum absolute atomic E-state index is 0.0595. The first-order valence-electron chi connectivity index (χ1n) is 11.0. The molecule has 1 unspecified atom stereocenters. The van der Waals surface area contributed by atoms with Crippen molar-refractivity contribution in [2.24, 2.45) is 0 Å². The van der Waals surface area contributed by atoms with Crippen LogP contribution < -0.4 is 5.32 Å². The zero-order valence-electron chi connectivity index (χ0n) is 18.9. The quantitative estimate of drug-likeness (QED) is 0.528. The molecule has 1 N–H and O–H groups in total. The monoisotopic (exact) mass is 554 g/mol. The lowest BCUT2D eigenvalue weighted by atomic mass is 9.96. The Bertz CT molecular complexity index is 1420. The van der Waals surface area contributed by atoms with Crippen LogP contribution in [0, 0.1) is 0 Å². The molecule has 0 bridgehead atoms. The van der Waals surface area contributed by atoms with Gasteiger partial charge in [0, 0.05) is 33.9 Å². The van der Waals surface area contributed by atoms with Crippen LogP contribution in [0.5, 0.6) is 0 Å². The van der Waals surface area contributed by atoms with E-state index in [9.17, 15) is 21.6 Å². The van der Waals surface area contributed by atoms with Crippen molar-refractivity contribution in [3.63, 3.8) is 0 Å². The van der Waals surface area contributed by atoms with Gasteiger partial charge in [0.25, 0.3) is 0 Å². The van der Waals surface area contributed by atoms with Crippen LogP contribution >= 0.6 is 23.2 Å². The molecule has 2 aliphatic carbocycles. The van der Waals surface area contributed by atoms with Crippen molar-refractivity contribution in [2.45, 2.75) is 47.6 Å². The van der Waals surface area contributed by atoms with Crippen molar-refractivity contribution in [1.29, 1.82) is 0 Å². The van der Waals surface area contributed by atoms with Crippen LogP contribution in [0.2, 0.25) is 0 Å². The van der Waals surface area contributed by atoms with E-state index in [1.54, 1.807) is 0 Å². The Morgan fingerprint density at radius 3 is 2.31 bits per heavy atom. The lowest BCUT2D eigenvalue weighted by molar-refractivity contribution is -0.121. The summed E-state index contributed by atoms with van der Waals surface area (Å²) >= 11 is 13.2. The van der Waals surface area contributed by atoms with E-state index in [4.69, 9.17) is 23.2 Å². The number of amides is 1. The third-order valence-corrected chi connectivity index (χ3v) is 11.1. The third kappa shape index (κ3) is 5.18. The molecule has 1 aromatic carbocycles. The Labute approximate surface area is 215 Å². The molecule has 1 heterocycles. The van der Waals surface area contributed by atoms with Crippen LogP contribution in [0.15, 0.2) is 69.7 Å². The van der Waals surface area contributed by atoms with E-state index in [2.05, 4.69) is 10.3 Å². The Morgan fingerprint density at radius 2 is 1.77 bits per heavy atom. The van der Waals surface area contributed by atoms with Crippen LogP contribution in [0.3, 0.4) is 0 Å². The first-order chi connectivity index (χ1) is 16.5. The summed E-state index contributed by atoms with van der Waals surface area (Å²) in [5.41, 5.74) is 1.57. The Kier molecular flexibility index (Phi) is 7.16. The highest BCUT2D eigenvalue weighted by molar-refractivity contribution is 7.93. The maximum atomic E-state index is 13.5. The van der Waals surface area contributed by atoms with Gasteiger partial charge in [0.1, 0.15) is 0 Å². The summed E-state index contributed by atoms with van der Waals surface area (Å²) < 4.78 is 51.0. The first kappa shape index (κ1) is 25.9. The molecule has 0 radical (unpaired) electrons. The summed E-state index contributed by atoms with van der Waals surface area (Å²) in [6, 6.07) is 12.0.